The van der Waals surface area contributed by atoms with Gasteiger partial charge in [-0.2, -0.15) is 13.9 Å². The molecule has 2 fully saturated rings. The first-order chi connectivity index (χ1) is 16.2. The second-order valence-electron chi connectivity index (χ2n) is 8.79. The van der Waals surface area contributed by atoms with E-state index in [0.717, 1.165) is 12.5 Å². The first-order valence-corrected chi connectivity index (χ1v) is 11.0. The summed E-state index contributed by atoms with van der Waals surface area (Å²) in [5, 5.41) is 31.5. The number of hydrogen-bond donors (Lipinski definition) is 3. The van der Waals surface area contributed by atoms with Gasteiger partial charge in [0.05, 0.1) is 42.6 Å². The molecule has 8 nitrogen and oxygen atoms in total. The highest BCUT2D eigenvalue weighted by atomic mass is 19.3. The minimum Gasteiger partial charge on any atom is -0.492 e. The van der Waals surface area contributed by atoms with Crippen molar-refractivity contribution in [2.75, 3.05) is 30.0 Å². The normalized spacial score (nSPS) is 20.8. The fraction of sp³-hybridized carbons (Fsp3) is 0.435. The van der Waals surface area contributed by atoms with Crippen LogP contribution >= 0.6 is 0 Å². The Bertz CT molecular complexity index is 1240. The zero-order valence-corrected chi connectivity index (χ0v) is 18.6. The number of ether oxygens (including phenoxy) is 1. The molecule has 0 aliphatic carbocycles. The summed E-state index contributed by atoms with van der Waals surface area (Å²) in [5.41, 5.74) is 0.590. The van der Waals surface area contributed by atoms with Gasteiger partial charge in [0.25, 0.3) is 5.92 Å². The van der Waals surface area contributed by atoms with Crippen LogP contribution in [0.25, 0.3) is 10.9 Å². The molecule has 11 heteroatoms. The van der Waals surface area contributed by atoms with Crippen LogP contribution in [0.2, 0.25) is 0 Å². The van der Waals surface area contributed by atoms with Gasteiger partial charge >= 0.3 is 0 Å². The average molecular weight is 475 g/mol. The molecule has 0 radical (unpaired) electrons. The van der Waals surface area contributed by atoms with E-state index in [-0.39, 0.29) is 29.3 Å². The fourth-order valence-corrected chi connectivity index (χ4v) is 4.74. The number of halogens is 3. The maximum absolute atomic E-state index is 15.0. The Balaban J connectivity index is 1.53. The minimum atomic E-state index is -3.70. The van der Waals surface area contributed by atoms with Crippen molar-refractivity contribution in [1.29, 1.82) is 0 Å². The first-order valence-electron chi connectivity index (χ1n) is 11.0. The lowest BCUT2D eigenvalue weighted by Gasteiger charge is -2.53. The van der Waals surface area contributed by atoms with E-state index in [1.54, 1.807) is 19.9 Å². The van der Waals surface area contributed by atoms with Crippen LogP contribution in [0.4, 0.5) is 24.7 Å². The van der Waals surface area contributed by atoms with Crippen LogP contribution in [0.15, 0.2) is 24.3 Å². The monoisotopic (exact) mass is 475 g/mol. The van der Waals surface area contributed by atoms with Gasteiger partial charge in [-0.15, -0.1) is 5.10 Å². The number of nitrogens with zero attached hydrogens (tertiary/aromatic N) is 4. The smallest absolute Gasteiger partial charge is 0.298 e. The highest BCUT2D eigenvalue weighted by molar-refractivity contribution is 5.94. The number of aromatic hydroxyl groups is 1. The van der Waals surface area contributed by atoms with Gasteiger partial charge in [0.1, 0.15) is 23.6 Å². The van der Waals surface area contributed by atoms with Crippen molar-refractivity contribution < 1.29 is 28.1 Å². The fourth-order valence-electron chi connectivity index (χ4n) is 4.74. The Morgan fingerprint density at radius 2 is 2.00 bits per heavy atom. The van der Waals surface area contributed by atoms with Crippen molar-refractivity contribution in [2.24, 2.45) is 0 Å². The summed E-state index contributed by atoms with van der Waals surface area (Å²) in [6.45, 7) is 2.96. The average Bonchev–Trinajstić information content (AvgIpc) is 2.82. The number of aliphatic hydroxyl groups excluding tert-OH is 1. The molecule has 2 aliphatic rings. The SMILES string of the molecule is Cc1nnc(N[C@H](C)c2cccc(C(F)(F)CO)c2F)c2cc(N3C4COCC3C4)c(O)nc12. The van der Waals surface area contributed by atoms with Crippen molar-refractivity contribution in [3.63, 3.8) is 0 Å². The quantitative estimate of drug-likeness (QED) is 0.499. The molecule has 5 rings (SSSR count). The molecule has 3 N–H and O–H groups in total. The number of fused-ring (bicyclic) bond motifs is 3. The molecule has 0 spiro atoms. The van der Waals surface area contributed by atoms with Gasteiger partial charge in [0.2, 0.25) is 5.88 Å². The second-order valence-corrected chi connectivity index (χ2v) is 8.79. The minimum absolute atomic E-state index is 0.0115. The number of pyridine rings is 1. The summed E-state index contributed by atoms with van der Waals surface area (Å²) in [5.74, 6) is -4.65. The van der Waals surface area contributed by atoms with E-state index in [4.69, 9.17) is 9.84 Å². The molecule has 0 saturated carbocycles. The Hall–Kier alpha value is -3.18. The van der Waals surface area contributed by atoms with Gasteiger partial charge < -0.3 is 25.2 Å². The molecular formula is C23H24F3N5O3. The molecule has 3 aromatic rings. The lowest BCUT2D eigenvalue weighted by Crippen LogP contribution is -2.64. The van der Waals surface area contributed by atoms with Gasteiger partial charge in [-0.3, -0.25) is 0 Å². The maximum atomic E-state index is 15.0. The van der Waals surface area contributed by atoms with E-state index in [0.29, 0.717) is 35.5 Å². The van der Waals surface area contributed by atoms with E-state index in [1.807, 2.05) is 0 Å². The van der Waals surface area contributed by atoms with Gasteiger partial charge in [0, 0.05) is 10.9 Å². The van der Waals surface area contributed by atoms with E-state index < -0.39 is 30.0 Å². The number of rotatable bonds is 6. The summed E-state index contributed by atoms with van der Waals surface area (Å²) >= 11 is 0. The van der Waals surface area contributed by atoms with E-state index >= 15 is 0 Å². The molecule has 34 heavy (non-hydrogen) atoms. The summed E-state index contributed by atoms with van der Waals surface area (Å²) in [6, 6.07) is 4.98. The van der Waals surface area contributed by atoms with Crippen LogP contribution < -0.4 is 10.2 Å². The molecule has 4 heterocycles. The highest BCUT2D eigenvalue weighted by Crippen LogP contribution is 2.42. The summed E-state index contributed by atoms with van der Waals surface area (Å²) in [4.78, 5) is 6.43. The number of aliphatic hydroxyl groups is 1. The van der Waals surface area contributed by atoms with Crippen molar-refractivity contribution in [2.45, 2.75) is 44.3 Å². The van der Waals surface area contributed by atoms with Crippen LogP contribution in [-0.2, 0) is 10.7 Å². The predicted molar refractivity (Wildman–Crippen MR) is 119 cm³/mol. The molecule has 2 aliphatic heterocycles. The van der Waals surface area contributed by atoms with Crippen LogP contribution in [-0.4, -0.2) is 57.3 Å². The number of aryl methyl sites for hydroxylation is 1. The van der Waals surface area contributed by atoms with Gasteiger partial charge in [-0.1, -0.05) is 12.1 Å². The van der Waals surface area contributed by atoms with Gasteiger partial charge in [0.15, 0.2) is 5.82 Å². The summed E-state index contributed by atoms with van der Waals surface area (Å²) < 4.78 is 48.5. The Labute approximate surface area is 193 Å². The first kappa shape index (κ1) is 22.6. The zero-order valence-electron chi connectivity index (χ0n) is 18.6. The number of nitrogens with one attached hydrogen (secondary N) is 1. The Kier molecular flexibility index (Phi) is 5.48. The van der Waals surface area contributed by atoms with Gasteiger partial charge in [-0.05, 0) is 32.4 Å². The molecular weight excluding hydrogens is 451 g/mol. The molecule has 2 bridgehead atoms. The van der Waals surface area contributed by atoms with E-state index in [9.17, 15) is 18.3 Å². The van der Waals surface area contributed by atoms with Crippen LogP contribution in [0, 0.1) is 12.7 Å². The van der Waals surface area contributed by atoms with E-state index in [2.05, 4.69) is 25.4 Å². The van der Waals surface area contributed by atoms with Crippen molar-refractivity contribution in [1.82, 2.24) is 15.2 Å². The topological polar surface area (TPSA) is 104 Å². The molecule has 180 valence electrons. The second kappa shape index (κ2) is 8.24. The van der Waals surface area contributed by atoms with Crippen molar-refractivity contribution >= 4 is 22.4 Å². The van der Waals surface area contributed by atoms with Crippen molar-refractivity contribution in [3.8, 4) is 5.88 Å². The zero-order chi connectivity index (χ0) is 24.2. The third kappa shape index (κ3) is 3.59. The molecule has 0 amide bonds. The third-order valence-electron chi connectivity index (χ3n) is 6.55. The molecule has 3 atom stereocenters. The predicted octanol–water partition coefficient (Wildman–Crippen LogP) is 3.41. The standard InChI is InChI=1S/C23H24F3N5O3/c1-11(15-4-3-5-17(19(15)24)23(25,26)10-32)27-21-16-7-18(31-13-6-14(31)9-34-8-13)22(33)28-20(16)12(2)29-30-21/h3-5,7,11,13-14,32H,6,8-10H2,1-2H3,(H,27,30)(H,28,33)/t11-,13?,14?/m1/s1. The molecule has 2 saturated heterocycles. The lowest BCUT2D eigenvalue weighted by atomic mass is 9.90. The number of aromatic nitrogens is 3. The largest absolute Gasteiger partial charge is 0.492 e. The van der Waals surface area contributed by atoms with Gasteiger partial charge in [-0.25, -0.2) is 9.37 Å². The number of alkyl halides is 2. The number of morpholine rings is 1. The van der Waals surface area contributed by atoms with Crippen molar-refractivity contribution in [3.05, 3.63) is 46.9 Å². The van der Waals surface area contributed by atoms with Crippen LogP contribution in [0.3, 0.4) is 0 Å². The summed E-state index contributed by atoms with van der Waals surface area (Å²) in [7, 11) is 0. The Morgan fingerprint density at radius 3 is 2.68 bits per heavy atom. The van der Waals surface area contributed by atoms with E-state index in [1.165, 1.54) is 12.1 Å². The highest BCUT2D eigenvalue weighted by Gasteiger charge is 2.44. The lowest BCUT2D eigenvalue weighted by molar-refractivity contribution is -0.0583. The van der Waals surface area contributed by atoms with Crippen LogP contribution in [0.1, 0.15) is 36.2 Å². The maximum Gasteiger partial charge on any atom is 0.298 e. The number of anilines is 2. The number of benzene rings is 1. The molecule has 2 aromatic heterocycles. The molecule has 1 aromatic carbocycles. The van der Waals surface area contributed by atoms with Crippen LogP contribution in [0.5, 0.6) is 5.88 Å². The third-order valence-corrected chi connectivity index (χ3v) is 6.55. The number of hydrogen-bond acceptors (Lipinski definition) is 8. The Morgan fingerprint density at radius 1 is 1.26 bits per heavy atom. The molecule has 2 unspecified atom stereocenters. The summed E-state index contributed by atoms with van der Waals surface area (Å²) in [6.07, 6.45) is 0.974.